The molecule has 0 aliphatic rings. The highest BCUT2D eigenvalue weighted by Crippen LogP contribution is 2.34. The van der Waals surface area contributed by atoms with E-state index < -0.39 is 23.2 Å². The van der Waals surface area contributed by atoms with Gasteiger partial charge in [0.15, 0.2) is 0 Å². The minimum absolute atomic E-state index is 0.0137. The van der Waals surface area contributed by atoms with Crippen LogP contribution in [0.1, 0.15) is 23.6 Å². The molecule has 5 heteroatoms. The minimum Gasteiger partial charge on any atom is -0.381 e. The Labute approximate surface area is 113 Å². The monoisotopic (exact) mass is 284 g/mol. The first-order valence-corrected chi connectivity index (χ1v) is 5.88. The Balaban J connectivity index is 2.43. The predicted molar refractivity (Wildman–Crippen MR) is 66.5 cm³/mol. The van der Waals surface area contributed by atoms with Gasteiger partial charge in [0.05, 0.1) is 5.56 Å². The molecule has 0 saturated heterocycles. The second-order valence-corrected chi connectivity index (χ2v) is 4.63. The van der Waals surface area contributed by atoms with Gasteiger partial charge >= 0.3 is 6.18 Å². The lowest BCUT2D eigenvalue weighted by atomic mass is 9.87. The minimum atomic E-state index is -4.44. The third-order valence-electron chi connectivity index (χ3n) is 3.17. The van der Waals surface area contributed by atoms with Crippen LogP contribution in [0.3, 0.4) is 0 Å². The summed E-state index contributed by atoms with van der Waals surface area (Å²) in [5.74, 6) is -0.614. The molecule has 0 fully saturated rings. The van der Waals surface area contributed by atoms with Crippen LogP contribution in [-0.4, -0.2) is 5.11 Å². The standard InChI is InChI=1S/C15H12F4O/c1-14(20,12-4-2-3-5-13(12)16)10-6-8-11(9-7-10)15(17,18)19/h2-9,20H,1H3. The molecule has 0 spiro atoms. The molecule has 2 aromatic rings. The van der Waals surface area contributed by atoms with Crippen molar-refractivity contribution in [2.75, 3.05) is 0 Å². The van der Waals surface area contributed by atoms with Gasteiger partial charge in [0.25, 0.3) is 0 Å². The summed E-state index contributed by atoms with van der Waals surface area (Å²) in [6, 6.07) is 9.64. The number of halogens is 4. The van der Waals surface area contributed by atoms with Gasteiger partial charge in [-0.25, -0.2) is 4.39 Å². The fourth-order valence-corrected chi connectivity index (χ4v) is 2.00. The van der Waals surface area contributed by atoms with Crippen LogP contribution in [0.25, 0.3) is 0 Å². The van der Waals surface area contributed by atoms with E-state index in [0.29, 0.717) is 0 Å². The molecular weight excluding hydrogens is 272 g/mol. The Bertz CT molecular complexity index is 600. The second-order valence-electron chi connectivity index (χ2n) is 4.63. The Morgan fingerprint density at radius 3 is 1.85 bits per heavy atom. The molecule has 0 heterocycles. The van der Waals surface area contributed by atoms with Crippen molar-refractivity contribution in [1.29, 1.82) is 0 Å². The summed E-state index contributed by atoms with van der Waals surface area (Å²) in [7, 11) is 0. The van der Waals surface area contributed by atoms with Gasteiger partial charge in [0, 0.05) is 5.56 Å². The van der Waals surface area contributed by atoms with E-state index in [1.165, 1.54) is 25.1 Å². The highest BCUT2D eigenvalue weighted by Gasteiger charge is 2.32. The zero-order valence-electron chi connectivity index (χ0n) is 10.6. The summed E-state index contributed by atoms with van der Waals surface area (Å²) >= 11 is 0. The maximum absolute atomic E-state index is 13.7. The van der Waals surface area contributed by atoms with Crippen molar-refractivity contribution in [1.82, 2.24) is 0 Å². The summed E-state index contributed by atoms with van der Waals surface area (Å²) in [5, 5.41) is 10.4. The fraction of sp³-hybridized carbons (Fsp3) is 0.200. The van der Waals surface area contributed by atoms with E-state index >= 15 is 0 Å². The fourth-order valence-electron chi connectivity index (χ4n) is 2.00. The normalized spacial score (nSPS) is 14.9. The summed E-state index contributed by atoms with van der Waals surface area (Å²) in [6.07, 6.45) is -4.44. The maximum atomic E-state index is 13.7. The van der Waals surface area contributed by atoms with Crippen LogP contribution in [0, 0.1) is 5.82 Å². The first-order valence-electron chi connectivity index (χ1n) is 5.88. The average molecular weight is 284 g/mol. The lowest BCUT2D eigenvalue weighted by molar-refractivity contribution is -0.137. The topological polar surface area (TPSA) is 20.2 Å². The van der Waals surface area contributed by atoms with Crippen molar-refractivity contribution in [2.24, 2.45) is 0 Å². The molecule has 0 saturated carbocycles. The Morgan fingerprint density at radius 1 is 0.850 bits per heavy atom. The van der Waals surface area contributed by atoms with Gasteiger partial charge < -0.3 is 5.11 Å². The van der Waals surface area contributed by atoms with E-state index in [0.717, 1.165) is 24.3 Å². The molecule has 2 aromatic carbocycles. The average Bonchev–Trinajstić information content (AvgIpc) is 2.38. The molecular formula is C15H12F4O. The Morgan fingerprint density at radius 2 is 1.35 bits per heavy atom. The maximum Gasteiger partial charge on any atom is 0.416 e. The first kappa shape index (κ1) is 14.5. The first-order chi connectivity index (χ1) is 9.23. The van der Waals surface area contributed by atoms with Gasteiger partial charge in [-0.05, 0) is 30.7 Å². The van der Waals surface area contributed by atoms with E-state index in [2.05, 4.69) is 0 Å². The number of hydrogen-bond acceptors (Lipinski definition) is 1. The smallest absolute Gasteiger partial charge is 0.381 e. The molecule has 0 bridgehead atoms. The van der Waals surface area contributed by atoms with Gasteiger partial charge in [-0.3, -0.25) is 0 Å². The van der Waals surface area contributed by atoms with Crippen LogP contribution in [0.5, 0.6) is 0 Å². The van der Waals surface area contributed by atoms with Gasteiger partial charge in [-0.1, -0.05) is 30.3 Å². The third kappa shape index (κ3) is 2.67. The molecule has 1 unspecified atom stereocenters. The molecule has 0 amide bonds. The predicted octanol–water partition coefficient (Wildman–Crippen LogP) is 4.10. The quantitative estimate of drug-likeness (QED) is 0.823. The van der Waals surface area contributed by atoms with E-state index in [1.807, 2.05) is 0 Å². The van der Waals surface area contributed by atoms with Crippen molar-refractivity contribution in [3.05, 3.63) is 71.0 Å². The Kier molecular flexibility index (Phi) is 3.56. The van der Waals surface area contributed by atoms with Crippen molar-refractivity contribution in [3.8, 4) is 0 Å². The summed E-state index contributed by atoms with van der Waals surface area (Å²) < 4.78 is 51.1. The second kappa shape index (κ2) is 4.90. The zero-order valence-corrected chi connectivity index (χ0v) is 10.6. The molecule has 0 aromatic heterocycles. The molecule has 1 atom stereocenters. The van der Waals surface area contributed by atoms with Gasteiger partial charge in [-0.2, -0.15) is 13.2 Å². The molecule has 20 heavy (non-hydrogen) atoms. The van der Waals surface area contributed by atoms with Crippen LogP contribution in [0.15, 0.2) is 48.5 Å². The number of hydrogen-bond donors (Lipinski definition) is 1. The molecule has 0 aliphatic carbocycles. The lowest BCUT2D eigenvalue weighted by Crippen LogP contribution is -2.24. The highest BCUT2D eigenvalue weighted by molar-refractivity contribution is 5.37. The van der Waals surface area contributed by atoms with Crippen molar-refractivity contribution in [3.63, 3.8) is 0 Å². The van der Waals surface area contributed by atoms with Crippen molar-refractivity contribution < 1.29 is 22.7 Å². The molecule has 106 valence electrons. The number of rotatable bonds is 2. The van der Waals surface area contributed by atoms with Crippen LogP contribution in [0.2, 0.25) is 0 Å². The van der Waals surface area contributed by atoms with Gasteiger partial charge in [-0.15, -0.1) is 0 Å². The van der Waals surface area contributed by atoms with Gasteiger partial charge in [0.2, 0.25) is 0 Å². The highest BCUT2D eigenvalue weighted by atomic mass is 19.4. The summed E-state index contributed by atoms with van der Waals surface area (Å²) in [4.78, 5) is 0. The number of alkyl halides is 3. The lowest BCUT2D eigenvalue weighted by Gasteiger charge is -2.25. The van der Waals surface area contributed by atoms with Crippen LogP contribution in [-0.2, 0) is 11.8 Å². The van der Waals surface area contributed by atoms with Crippen molar-refractivity contribution in [2.45, 2.75) is 18.7 Å². The van der Waals surface area contributed by atoms with Gasteiger partial charge in [0.1, 0.15) is 11.4 Å². The van der Waals surface area contributed by atoms with Crippen LogP contribution in [0.4, 0.5) is 17.6 Å². The molecule has 1 N–H and O–H groups in total. The summed E-state index contributed by atoms with van der Waals surface area (Å²) in [6.45, 7) is 1.34. The van der Waals surface area contributed by atoms with E-state index in [4.69, 9.17) is 0 Å². The molecule has 1 nitrogen and oxygen atoms in total. The number of benzene rings is 2. The third-order valence-corrected chi connectivity index (χ3v) is 3.17. The SMILES string of the molecule is CC(O)(c1ccc(C(F)(F)F)cc1)c1ccccc1F. The zero-order chi connectivity index (χ0) is 15.0. The van der Waals surface area contributed by atoms with E-state index in [9.17, 15) is 22.7 Å². The number of aliphatic hydroxyl groups is 1. The van der Waals surface area contributed by atoms with E-state index in [-0.39, 0.29) is 11.1 Å². The summed E-state index contributed by atoms with van der Waals surface area (Å²) in [5.41, 5.74) is -2.31. The molecule has 0 aliphatic heterocycles. The van der Waals surface area contributed by atoms with Crippen LogP contribution < -0.4 is 0 Å². The van der Waals surface area contributed by atoms with Crippen molar-refractivity contribution >= 4 is 0 Å². The Hall–Kier alpha value is -1.88. The molecule has 0 radical (unpaired) electrons. The largest absolute Gasteiger partial charge is 0.416 e. The molecule has 2 rings (SSSR count). The van der Waals surface area contributed by atoms with E-state index in [1.54, 1.807) is 6.07 Å². The van der Waals surface area contributed by atoms with Crippen LogP contribution >= 0.6 is 0 Å².